The number of amides is 1. The van der Waals surface area contributed by atoms with Crippen molar-refractivity contribution in [3.8, 4) is 0 Å². The zero-order chi connectivity index (χ0) is 10.3. The average molecular weight is 195 g/mol. The summed E-state index contributed by atoms with van der Waals surface area (Å²) in [5.41, 5.74) is -0.384. The van der Waals surface area contributed by atoms with E-state index in [2.05, 4.69) is 12.2 Å². The third-order valence-electron chi connectivity index (χ3n) is 2.67. The first-order valence-corrected chi connectivity index (χ1v) is 5.14. The molecule has 2 atom stereocenters. The molecule has 2 unspecified atom stereocenters. The number of fused-ring (bicyclic) bond motifs is 1. The first kappa shape index (κ1) is 9.56. The maximum absolute atomic E-state index is 11.7. The molecule has 0 bridgehead atoms. The number of nitrogens with zero attached hydrogens (tertiary/aromatic N) is 1. The molecule has 1 amide bonds. The fourth-order valence-corrected chi connectivity index (χ4v) is 1.98. The number of hydrogen-bond donors (Lipinski definition) is 0. The van der Waals surface area contributed by atoms with Crippen LogP contribution in [0.5, 0.6) is 0 Å². The van der Waals surface area contributed by atoms with Crippen molar-refractivity contribution in [1.29, 1.82) is 0 Å². The number of hydrogen-bond acceptors (Lipinski definition) is 2. The van der Waals surface area contributed by atoms with Crippen LogP contribution in [0.2, 0.25) is 0 Å². The van der Waals surface area contributed by atoms with Crippen molar-refractivity contribution < 1.29 is 9.53 Å². The molecule has 2 rings (SSSR count). The minimum absolute atomic E-state index is 0.176. The smallest absolute Gasteiger partial charge is 0.410 e. The molecule has 2 aliphatic rings. The quantitative estimate of drug-likeness (QED) is 0.554. The molecule has 1 saturated heterocycles. The largest absolute Gasteiger partial charge is 0.444 e. The molecule has 0 radical (unpaired) electrons. The standard InChI is InChI=1S/C11H17NO2/c1-11(2,3)14-10(13)12-7-8-5-4-6-9(8)12/h4,6,8-9H,5,7H2,1-3H3. The summed E-state index contributed by atoms with van der Waals surface area (Å²) in [6, 6.07) is 0.310. The molecule has 1 heterocycles. The molecule has 0 aromatic heterocycles. The highest BCUT2D eigenvalue weighted by molar-refractivity contribution is 5.70. The van der Waals surface area contributed by atoms with Gasteiger partial charge in [-0.3, -0.25) is 0 Å². The molecule has 14 heavy (non-hydrogen) atoms. The van der Waals surface area contributed by atoms with Gasteiger partial charge in [0.1, 0.15) is 5.60 Å². The molecular formula is C11H17NO2. The van der Waals surface area contributed by atoms with Crippen LogP contribution in [0, 0.1) is 5.92 Å². The Morgan fingerprint density at radius 1 is 1.50 bits per heavy atom. The van der Waals surface area contributed by atoms with E-state index in [1.807, 2.05) is 20.8 Å². The van der Waals surface area contributed by atoms with Crippen LogP contribution < -0.4 is 0 Å². The number of carbonyl (C=O) groups excluding carboxylic acids is 1. The Labute approximate surface area is 84.7 Å². The lowest BCUT2D eigenvalue weighted by atomic mass is 9.92. The van der Waals surface area contributed by atoms with Crippen molar-refractivity contribution in [2.75, 3.05) is 6.54 Å². The molecule has 1 aliphatic heterocycles. The second-order valence-electron chi connectivity index (χ2n) is 5.05. The van der Waals surface area contributed by atoms with Crippen LogP contribution in [-0.4, -0.2) is 29.2 Å². The first-order chi connectivity index (χ1) is 6.47. The van der Waals surface area contributed by atoms with E-state index in [1.54, 1.807) is 4.90 Å². The second-order valence-corrected chi connectivity index (χ2v) is 5.05. The van der Waals surface area contributed by atoms with Gasteiger partial charge in [-0.1, -0.05) is 12.2 Å². The first-order valence-electron chi connectivity index (χ1n) is 5.14. The van der Waals surface area contributed by atoms with Crippen molar-refractivity contribution in [2.24, 2.45) is 5.92 Å². The topological polar surface area (TPSA) is 29.5 Å². The van der Waals surface area contributed by atoms with Gasteiger partial charge in [0.2, 0.25) is 0 Å². The van der Waals surface area contributed by atoms with E-state index >= 15 is 0 Å². The maximum atomic E-state index is 11.7. The van der Waals surface area contributed by atoms with Crippen molar-refractivity contribution in [2.45, 2.75) is 38.8 Å². The van der Waals surface area contributed by atoms with Gasteiger partial charge in [-0.2, -0.15) is 0 Å². The molecule has 1 fully saturated rings. The summed E-state index contributed by atoms with van der Waals surface area (Å²) >= 11 is 0. The van der Waals surface area contributed by atoms with E-state index in [-0.39, 0.29) is 11.7 Å². The molecule has 0 aromatic rings. The highest BCUT2D eigenvalue weighted by atomic mass is 16.6. The fraction of sp³-hybridized carbons (Fsp3) is 0.727. The third kappa shape index (κ3) is 1.63. The van der Waals surface area contributed by atoms with Crippen molar-refractivity contribution >= 4 is 6.09 Å². The molecule has 0 saturated carbocycles. The van der Waals surface area contributed by atoms with Crippen LogP contribution in [0.1, 0.15) is 27.2 Å². The van der Waals surface area contributed by atoms with E-state index in [0.29, 0.717) is 12.0 Å². The molecule has 0 aromatic carbocycles. The SMILES string of the molecule is CC(C)(C)OC(=O)N1CC2CC=CC21. The Balaban J connectivity index is 1.91. The lowest BCUT2D eigenvalue weighted by Gasteiger charge is -2.44. The van der Waals surface area contributed by atoms with Gasteiger partial charge in [-0.15, -0.1) is 0 Å². The summed E-state index contributed by atoms with van der Waals surface area (Å²) in [5.74, 6) is 0.655. The Morgan fingerprint density at radius 2 is 2.21 bits per heavy atom. The predicted molar refractivity (Wildman–Crippen MR) is 54.0 cm³/mol. The van der Waals surface area contributed by atoms with E-state index in [9.17, 15) is 4.79 Å². The van der Waals surface area contributed by atoms with Crippen LogP contribution in [-0.2, 0) is 4.74 Å². The number of ether oxygens (including phenoxy) is 1. The van der Waals surface area contributed by atoms with Crippen LogP contribution in [0.3, 0.4) is 0 Å². The number of carbonyl (C=O) groups is 1. The van der Waals surface area contributed by atoms with Crippen LogP contribution in [0.4, 0.5) is 4.79 Å². The summed E-state index contributed by atoms with van der Waals surface area (Å²) in [7, 11) is 0. The molecule has 3 heteroatoms. The summed E-state index contributed by atoms with van der Waals surface area (Å²) in [6.45, 7) is 6.54. The Kier molecular flexibility index (Phi) is 2.05. The normalized spacial score (nSPS) is 29.8. The summed E-state index contributed by atoms with van der Waals surface area (Å²) in [4.78, 5) is 13.5. The van der Waals surface area contributed by atoms with E-state index in [4.69, 9.17) is 4.74 Å². The highest BCUT2D eigenvalue weighted by Crippen LogP contribution is 2.34. The summed E-state index contributed by atoms with van der Waals surface area (Å²) < 4.78 is 5.30. The van der Waals surface area contributed by atoms with Gasteiger partial charge in [-0.25, -0.2) is 4.79 Å². The van der Waals surface area contributed by atoms with Crippen LogP contribution in [0.25, 0.3) is 0 Å². The van der Waals surface area contributed by atoms with E-state index in [1.165, 1.54) is 0 Å². The zero-order valence-corrected chi connectivity index (χ0v) is 8.99. The number of likely N-dealkylation sites (tertiary alicyclic amines) is 1. The summed E-state index contributed by atoms with van der Waals surface area (Å²) in [6.07, 6.45) is 5.20. The molecule has 0 N–H and O–H groups in total. The Morgan fingerprint density at radius 3 is 2.79 bits per heavy atom. The zero-order valence-electron chi connectivity index (χ0n) is 8.99. The molecule has 1 aliphatic carbocycles. The minimum atomic E-state index is -0.384. The van der Waals surface area contributed by atoms with Gasteiger partial charge in [0, 0.05) is 12.5 Å². The van der Waals surface area contributed by atoms with Crippen molar-refractivity contribution in [3.05, 3.63) is 12.2 Å². The van der Waals surface area contributed by atoms with Gasteiger partial charge < -0.3 is 9.64 Å². The van der Waals surface area contributed by atoms with Gasteiger partial charge in [-0.05, 0) is 27.2 Å². The summed E-state index contributed by atoms with van der Waals surface area (Å²) in [5, 5.41) is 0. The number of allylic oxidation sites excluding steroid dienone is 1. The lowest BCUT2D eigenvalue weighted by Crippen LogP contribution is -2.57. The number of rotatable bonds is 0. The monoisotopic (exact) mass is 195 g/mol. The molecule has 0 spiro atoms. The van der Waals surface area contributed by atoms with E-state index < -0.39 is 0 Å². The van der Waals surface area contributed by atoms with E-state index in [0.717, 1.165) is 13.0 Å². The van der Waals surface area contributed by atoms with Crippen LogP contribution in [0.15, 0.2) is 12.2 Å². The molecule has 78 valence electrons. The van der Waals surface area contributed by atoms with Gasteiger partial charge >= 0.3 is 6.09 Å². The second kappa shape index (κ2) is 3.01. The molecule has 3 nitrogen and oxygen atoms in total. The maximum Gasteiger partial charge on any atom is 0.410 e. The van der Waals surface area contributed by atoms with Gasteiger partial charge in [0.05, 0.1) is 6.04 Å². The van der Waals surface area contributed by atoms with Gasteiger partial charge in [0.25, 0.3) is 0 Å². The molecular weight excluding hydrogens is 178 g/mol. The lowest BCUT2D eigenvalue weighted by molar-refractivity contribution is -0.0137. The predicted octanol–water partition coefficient (Wildman–Crippen LogP) is 2.18. The highest BCUT2D eigenvalue weighted by Gasteiger charge is 2.43. The van der Waals surface area contributed by atoms with Crippen LogP contribution >= 0.6 is 0 Å². The van der Waals surface area contributed by atoms with Crippen molar-refractivity contribution in [1.82, 2.24) is 4.90 Å². The fourth-order valence-electron chi connectivity index (χ4n) is 1.98. The Bertz CT molecular complexity index is 278. The average Bonchev–Trinajstić information content (AvgIpc) is 2.28. The van der Waals surface area contributed by atoms with Gasteiger partial charge in [0.15, 0.2) is 0 Å². The Hall–Kier alpha value is -0.990. The van der Waals surface area contributed by atoms with Crippen molar-refractivity contribution in [3.63, 3.8) is 0 Å². The third-order valence-corrected chi connectivity index (χ3v) is 2.67. The minimum Gasteiger partial charge on any atom is -0.444 e.